The molecule has 0 heterocycles. The molecular formula is C13H18Cl2N2O3S. The van der Waals surface area contributed by atoms with Gasteiger partial charge in [-0.25, -0.2) is 8.42 Å². The van der Waals surface area contributed by atoms with E-state index in [1.807, 2.05) is 13.8 Å². The molecule has 0 bridgehead atoms. The maximum Gasteiger partial charge on any atom is 0.242 e. The van der Waals surface area contributed by atoms with Crippen molar-refractivity contribution in [3.05, 3.63) is 28.2 Å². The summed E-state index contributed by atoms with van der Waals surface area (Å²) in [6, 6.07) is 3.21. The Kier molecular flexibility index (Phi) is 6.46. The van der Waals surface area contributed by atoms with Gasteiger partial charge in [-0.3, -0.25) is 4.79 Å². The van der Waals surface area contributed by atoms with Gasteiger partial charge in [0.2, 0.25) is 15.9 Å². The molecule has 2 N–H and O–H groups in total. The maximum absolute atomic E-state index is 12.2. The molecule has 0 fully saturated rings. The number of amides is 1. The lowest BCUT2D eigenvalue weighted by atomic mass is 10.2. The summed E-state index contributed by atoms with van der Waals surface area (Å²) < 4.78 is 26.7. The second kappa shape index (κ2) is 7.45. The maximum atomic E-state index is 12.2. The molecular weight excluding hydrogens is 335 g/mol. The Morgan fingerprint density at radius 3 is 2.43 bits per heavy atom. The molecule has 8 heteroatoms. The molecule has 5 nitrogen and oxygen atoms in total. The van der Waals surface area contributed by atoms with Crippen molar-refractivity contribution in [1.82, 2.24) is 10.0 Å². The van der Waals surface area contributed by atoms with Gasteiger partial charge in [0.05, 0.1) is 11.1 Å². The lowest BCUT2D eigenvalue weighted by Crippen LogP contribution is -2.45. The fourth-order valence-electron chi connectivity index (χ4n) is 1.49. The Bertz CT molecular complexity index is 618. The predicted molar refractivity (Wildman–Crippen MR) is 84.1 cm³/mol. The van der Waals surface area contributed by atoms with Gasteiger partial charge in [0.1, 0.15) is 4.90 Å². The lowest BCUT2D eigenvalue weighted by Gasteiger charge is -2.16. The fourth-order valence-corrected chi connectivity index (χ4v) is 3.46. The number of hydrogen-bond acceptors (Lipinski definition) is 3. The van der Waals surface area contributed by atoms with Crippen LogP contribution in [0.5, 0.6) is 0 Å². The van der Waals surface area contributed by atoms with Crippen LogP contribution in [0.3, 0.4) is 0 Å². The fraction of sp³-hybridized carbons (Fsp3) is 0.462. The van der Waals surface area contributed by atoms with Gasteiger partial charge in [0, 0.05) is 11.6 Å². The zero-order valence-corrected chi connectivity index (χ0v) is 14.3. The molecule has 0 saturated carbocycles. The molecule has 1 aromatic rings. The Morgan fingerprint density at radius 1 is 1.24 bits per heavy atom. The average molecular weight is 353 g/mol. The van der Waals surface area contributed by atoms with Crippen LogP contribution >= 0.6 is 23.2 Å². The molecule has 21 heavy (non-hydrogen) atoms. The summed E-state index contributed by atoms with van der Waals surface area (Å²) in [5.41, 5.74) is 0. The minimum absolute atomic E-state index is 0.0432. The number of sulfonamides is 1. The number of carbonyl (C=O) groups is 1. The van der Waals surface area contributed by atoms with E-state index in [1.54, 1.807) is 0 Å². The van der Waals surface area contributed by atoms with E-state index in [9.17, 15) is 13.2 Å². The van der Waals surface area contributed by atoms with Crippen LogP contribution in [0.1, 0.15) is 20.8 Å². The third-order valence-electron chi connectivity index (χ3n) is 2.59. The smallest absolute Gasteiger partial charge is 0.242 e. The van der Waals surface area contributed by atoms with Crippen LogP contribution in [0.2, 0.25) is 10.0 Å². The third kappa shape index (κ3) is 5.47. The van der Waals surface area contributed by atoms with Crippen molar-refractivity contribution in [2.45, 2.75) is 31.7 Å². The van der Waals surface area contributed by atoms with Crippen molar-refractivity contribution in [1.29, 1.82) is 0 Å². The van der Waals surface area contributed by atoms with Crippen molar-refractivity contribution in [3.8, 4) is 0 Å². The first-order chi connectivity index (χ1) is 9.63. The van der Waals surface area contributed by atoms with E-state index < -0.39 is 22.0 Å². The second-order valence-electron chi connectivity index (χ2n) is 5.06. The van der Waals surface area contributed by atoms with Gasteiger partial charge in [0.15, 0.2) is 0 Å². The molecule has 1 atom stereocenters. The molecule has 1 aromatic carbocycles. The summed E-state index contributed by atoms with van der Waals surface area (Å²) in [5, 5.41) is 2.95. The van der Waals surface area contributed by atoms with Crippen LogP contribution in [0.4, 0.5) is 0 Å². The zero-order chi connectivity index (χ0) is 16.2. The monoisotopic (exact) mass is 352 g/mol. The van der Waals surface area contributed by atoms with Crippen LogP contribution in [0.25, 0.3) is 0 Å². The van der Waals surface area contributed by atoms with Gasteiger partial charge in [-0.1, -0.05) is 37.0 Å². The molecule has 0 aliphatic heterocycles. The molecule has 1 amide bonds. The molecule has 118 valence electrons. The van der Waals surface area contributed by atoms with Gasteiger partial charge in [-0.2, -0.15) is 4.72 Å². The number of halogens is 2. The van der Waals surface area contributed by atoms with Gasteiger partial charge in [-0.15, -0.1) is 0 Å². The number of benzene rings is 1. The van der Waals surface area contributed by atoms with Crippen LogP contribution in [-0.4, -0.2) is 26.9 Å². The predicted octanol–water partition coefficient (Wildman–Crippen LogP) is 2.43. The Labute approximate surface area is 135 Å². The van der Waals surface area contributed by atoms with E-state index in [-0.39, 0.29) is 20.9 Å². The van der Waals surface area contributed by atoms with Crippen molar-refractivity contribution >= 4 is 39.1 Å². The number of rotatable bonds is 6. The second-order valence-corrected chi connectivity index (χ2v) is 7.58. The Morgan fingerprint density at radius 2 is 1.86 bits per heavy atom. The molecule has 0 aliphatic carbocycles. The third-order valence-corrected chi connectivity index (χ3v) is 4.85. The highest BCUT2D eigenvalue weighted by atomic mass is 35.5. The zero-order valence-electron chi connectivity index (χ0n) is 12.0. The summed E-state index contributed by atoms with van der Waals surface area (Å²) in [7, 11) is -3.92. The molecule has 0 radical (unpaired) electrons. The Balaban J connectivity index is 2.85. The molecule has 0 aromatic heterocycles. The summed E-state index contributed by atoms with van der Waals surface area (Å²) in [5.74, 6) is -0.120. The SMILES string of the molecule is CC(C)CNC(=O)[C@@H](C)NS(=O)(=O)c1cc(Cl)ccc1Cl. The quantitative estimate of drug-likeness (QED) is 0.825. The number of hydrogen-bond donors (Lipinski definition) is 2. The van der Waals surface area contributed by atoms with Crippen molar-refractivity contribution in [2.75, 3.05) is 6.54 Å². The van der Waals surface area contributed by atoms with Crippen molar-refractivity contribution in [3.63, 3.8) is 0 Å². The van der Waals surface area contributed by atoms with Crippen LogP contribution in [-0.2, 0) is 14.8 Å². The first-order valence-electron chi connectivity index (χ1n) is 6.38. The van der Waals surface area contributed by atoms with E-state index >= 15 is 0 Å². The summed E-state index contributed by atoms with van der Waals surface area (Å²) in [6.07, 6.45) is 0. The minimum atomic E-state index is -3.92. The lowest BCUT2D eigenvalue weighted by molar-refractivity contribution is -0.122. The van der Waals surface area contributed by atoms with Crippen molar-refractivity contribution < 1.29 is 13.2 Å². The van der Waals surface area contributed by atoms with E-state index in [0.29, 0.717) is 6.54 Å². The summed E-state index contributed by atoms with van der Waals surface area (Å²) >= 11 is 11.6. The molecule has 0 saturated heterocycles. The number of carbonyl (C=O) groups excluding carboxylic acids is 1. The first-order valence-corrected chi connectivity index (χ1v) is 8.62. The van der Waals surface area contributed by atoms with Crippen LogP contribution in [0.15, 0.2) is 23.1 Å². The van der Waals surface area contributed by atoms with Gasteiger partial charge < -0.3 is 5.32 Å². The first kappa shape index (κ1) is 18.2. The minimum Gasteiger partial charge on any atom is -0.354 e. The number of nitrogens with one attached hydrogen (secondary N) is 2. The van der Waals surface area contributed by atoms with E-state index in [1.165, 1.54) is 25.1 Å². The van der Waals surface area contributed by atoms with Gasteiger partial charge in [0.25, 0.3) is 0 Å². The highest BCUT2D eigenvalue weighted by Gasteiger charge is 2.24. The highest BCUT2D eigenvalue weighted by Crippen LogP contribution is 2.24. The van der Waals surface area contributed by atoms with Crippen molar-refractivity contribution in [2.24, 2.45) is 5.92 Å². The average Bonchev–Trinajstić information content (AvgIpc) is 2.37. The molecule has 0 spiro atoms. The summed E-state index contributed by atoms with van der Waals surface area (Å²) in [6.45, 7) is 5.83. The van der Waals surface area contributed by atoms with E-state index in [0.717, 1.165) is 0 Å². The molecule has 0 unspecified atom stereocenters. The van der Waals surface area contributed by atoms with Gasteiger partial charge >= 0.3 is 0 Å². The largest absolute Gasteiger partial charge is 0.354 e. The van der Waals surface area contributed by atoms with Crippen LogP contribution < -0.4 is 10.0 Å². The Hall–Kier alpha value is -0.820. The normalized spacial score (nSPS) is 13.2. The van der Waals surface area contributed by atoms with E-state index in [4.69, 9.17) is 23.2 Å². The molecule has 0 aliphatic rings. The van der Waals surface area contributed by atoms with Crippen LogP contribution in [0, 0.1) is 5.92 Å². The standard InChI is InChI=1S/C13H18Cl2N2O3S/c1-8(2)7-16-13(18)9(3)17-21(19,20)12-6-10(14)4-5-11(12)15/h4-6,8-9,17H,7H2,1-3H3,(H,16,18)/t9-/m1/s1. The summed E-state index contributed by atoms with van der Waals surface area (Å²) in [4.78, 5) is 11.7. The van der Waals surface area contributed by atoms with Gasteiger partial charge in [-0.05, 0) is 31.0 Å². The molecule has 1 rings (SSSR count). The highest BCUT2D eigenvalue weighted by molar-refractivity contribution is 7.89. The topological polar surface area (TPSA) is 75.3 Å². The van der Waals surface area contributed by atoms with E-state index in [2.05, 4.69) is 10.0 Å².